The molecule has 2 aromatic rings. The molecule has 4 heterocycles. The Bertz CT molecular complexity index is 958. The van der Waals surface area contributed by atoms with Gasteiger partial charge in [0.2, 0.25) is 10.0 Å². The largest absolute Gasteiger partial charge is 0.451 e. The van der Waals surface area contributed by atoms with Gasteiger partial charge in [0.05, 0.1) is 6.26 Å². The van der Waals surface area contributed by atoms with Gasteiger partial charge < -0.3 is 9.73 Å². The first-order valence-electron chi connectivity index (χ1n) is 9.53. The molecule has 0 aliphatic carbocycles. The highest BCUT2D eigenvalue weighted by Crippen LogP contribution is 2.32. The van der Waals surface area contributed by atoms with Crippen molar-refractivity contribution in [3.05, 3.63) is 42.2 Å². The molecule has 0 saturated carbocycles. The molecule has 1 amide bonds. The van der Waals surface area contributed by atoms with Crippen molar-refractivity contribution in [3.8, 4) is 11.3 Å². The Morgan fingerprint density at radius 1 is 1.11 bits per heavy atom. The predicted octanol–water partition coefficient (Wildman–Crippen LogP) is 2.53. The predicted molar refractivity (Wildman–Crippen MR) is 108 cm³/mol. The van der Waals surface area contributed by atoms with Crippen LogP contribution in [0.3, 0.4) is 0 Å². The van der Waals surface area contributed by atoms with E-state index in [1.54, 1.807) is 36.4 Å². The summed E-state index contributed by atoms with van der Waals surface area (Å²) in [6.45, 7) is 4.41. The van der Waals surface area contributed by atoms with Crippen LogP contribution in [-0.2, 0) is 10.0 Å². The molecular formula is C20H25N3O4S. The van der Waals surface area contributed by atoms with Crippen LogP contribution in [0.25, 0.3) is 11.3 Å². The first-order valence-corrected chi connectivity index (χ1v) is 11.4. The lowest BCUT2D eigenvalue weighted by Gasteiger charge is -2.49. The van der Waals surface area contributed by atoms with Crippen LogP contribution in [0, 0.1) is 5.92 Å². The average Bonchev–Trinajstić information content (AvgIpc) is 3.14. The third-order valence-electron chi connectivity index (χ3n) is 5.78. The van der Waals surface area contributed by atoms with Gasteiger partial charge in [-0.25, -0.2) is 8.42 Å². The number of rotatable bonds is 5. The molecule has 3 saturated heterocycles. The van der Waals surface area contributed by atoms with Gasteiger partial charge in [0, 0.05) is 23.3 Å². The number of nitrogens with zero attached hydrogens (tertiary/aromatic N) is 1. The van der Waals surface area contributed by atoms with Crippen LogP contribution >= 0.6 is 0 Å². The second-order valence-corrected chi connectivity index (χ2v) is 9.48. The van der Waals surface area contributed by atoms with E-state index >= 15 is 0 Å². The number of benzene rings is 1. The smallest absolute Gasteiger partial charge is 0.287 e. The van der Waals surface area contributed by atoms with Crippen LogP contribution in [0.2, 0.25) is 0 Å². The first kappa shape index (κ1) is 19.0. The Morgan fingerprint density at radius 3 is 2.39 bits per heavy atom. The molecule has 28 heavy (non-hydrogen) atoms. The number of anilines is 1. The summed E-state index contributed by atoms with van der Waals surface area (Å²) in [4.78, 5) is 15.1. The summed E-state index contributed by atoms with van der Waals surface area (Å²) >= 11 is 0. The van der Waals surface area contributed by atoms with Crippen molar-refractivity contribution in [2.24, 2.45) is 5.92 Å². The van der Waals surface area contributed by atoms with Gasteiger partial charge in [0.1, 0.15) is 5.76 Å². The van der Waals surface area contributed by atoms with Gasteiger partial charge in [0.15, 0.2) is 5.76 Å². The molecule has 3 aliphatic heterocycles. The summed E-state index contributed by atoms with van der Waals surface area (Å²) < 4.78 is 30.8. The van der Waals surface area contributed by atoms with Crippen LogP contribution in [0.15, 0.2) is 40.8 Å². The van der Waals surface area contributed by atoms with Crippen LogP contribution in [0.4, 0.5) is 5.69 Å². The van der Waals surface area contributed by atoms with Crippen molar-refractivity contribution in [1.82, 2.24) is 10.2 Å². The van der Waals surface area contributed by atoms with Crippen molar-refractivity contribution in [1.29, 1.82) is 0 Å². The summed E-state index contributed by atoms with van der Waals surface area (Å²) in [6, 6.07) is 10.8. The molecule has 3 fully saturated rings. The minimum absolute atomic E-state index is 0.157. The highest BCUT2D eigenvalue weighted by molar-refractivity contribution is 7.92. The number of piperidine rings is 3. The quantitative estimate of drug-likeness (QED) is 0.800. The summed E-state index contributed by atoms with van der Waals surface area (Å²) in [5.74, 6) is 1.20. The molecule has 0 radical (unpaired) electrons. The number of amides is 1. The van der Waals surface area contributed by atoms with Gasteiger partial charge in [-0.3, -0.25) is 14.4 Å². The van der Waals surface area contributed by atoms with Crippen molar-refractivity contribution in [2.75, 3.05) is 24.1 Å². The van der Waals surface area contributed by atoms with E-state index in [4.69, 9.17) is 4.42 Å². The van der Waals surface area contributed by atoms with E-state index in [1.165, 1.54) is 0 Å². The van der Waals surface area contributed by atoms with Crippen molar-refractivity contribution < 1.29 is 17.6 Å². The minimum Gasteiger partial charge on any atom is -0.451 e. The molecule has 2 atom stereocenters. The van der Waals surface area contributed by atoms with Gasteiger partial charge in [-0.2, -0.15) is 0 Å². The Hall–Kier alpha value is -2.32. The zero-order valence-electron chi connectivity index (χ0n) is 16.0. The maximum absolute atomic E-state index is 12.7. The fourth-order valence-electron chi connectivity index (χ4n) is 4.30. The average molecular weight is 404 g/mol. The number of hydrogen-bond donors (Lipinski definition) is 2. The van der Waals surface area contributed by atoms with Crippen molar-refractivity contribution in [2.45, 2.75) is 31.8 Å². The van der Waals surface area contributed by atoms with Crippen molar-refractivity contribution in [3.63, 3.8) is 0 Å². The number of carbonyl (C=O) groups excluding carboxylic acids is 1. The molecule has 3 aliphatic rings. The minimum atomic E-state index is -3.31. The molecule has 5 rings (SSSR count). The van der Waals surface area contributed by atoms with Crippen LogP contribution in [0.5, 0.6) is 0 Å². The number of nitrogens with one attached hydrogen (secondary N) is 2. The molecule has 8 heteroatoms. The van der Waals surface area contributed by atoms with Gasteiger partial charge in [0.25, 0.3) is 5.91 Å². The Balaban J connectivity index is 1.44. The highest BCUT2D eigenvalue weighted by atomic mass is 32.2. The molecule has 0 spiro atoms. The Labute approximate surface area is 165 Å². The second-order valence-electron chi connectivity index (χ2n) is 7.73. The van der Waals surface area contributed by atoms with Gasteiger partial charge in [-0.1, -0.05) is 0 Å². The third-order valence-corrected chi connectivity index (χ3v) is 6.38. The van der Waals surface area contributed by atoms with E-state index in [0.717, 1.165) is 37.8 Å². The molecule has 0 unspecified atom stereocenters. The second kappa shape index (κ2) is 7.25. The summed E-state index contributed by atoms with van der Waals surface area (Å²) in [5, 5.41) is 3.16. The SMILES string of the molecule is C[C@H]1[C@H](NC(=O)c2ccc(-c3ccc(NS(C)(=O)=O)cc3)o2)C2CCN1CC2. The zero-order chi connectivity index (χ0) is 19.9. The van der Waals surface area contributed by atoms with Crippen molar-refractivity contribution >= 4 is 21.6 Å². The molecule has 7 nitrogen and oxygen atoms in total. The van der Waals surface area contributed by atoms with E-state index in [9.17, 15) is 13.2 Å². The van der Waals surface area contributed by atoms with Crippen LogP contribution in [-0.4, -0.2) is 50.7 Å². The van der Waals surface area contributed by atoms with E-state index in [1.807, 2.05) is 0 Å². The molecule has 1 aromatic carbocycles. The first-order chi connectivity index (χ1) is 13.3. The van der Waals surface area contributed by atoms with Crippen LogP contribution < -0.4 is 10.0 Å². The maximum Gasteiger partial charge on any atom is 0.287 e. The van der Waals surface area contributed by atoms with E-state index in [2.05, 4.69) is 21.9 Å². The lowest BCUT2D eigenvalue weighted by atomic mass is 9.79. The van der Waals surface area contributed by atoms with E-state index < -0.39 is 10.0 Å². The van der Waals surface area contributed by atoms with Gasteiger partial charge in [-0.15, -0.1) is 0 Å². The van der Waals surface area contributed by atoms with Gasteiger partial charge in [-0.05, 0) is 75.2 Å². The molecular weight excluding hydrogens is 378 g/mol. The summed E-state index contributed by atoms with van der Waals surface area (Å²) in [5.41, 5.74) is 1.25. The lowest BCUT2D eigenvalue weighted by Crippen LogP contribution is -2.62. The standard InChI is InChI=1S/C20H25N3O4S/c1-13-19(15-9-11-23(13)12-10-15)21-20(24)18-8-7-17(27-18)14-3-5-16(6-4-14)22-28(2,25)26/h3-8,13,15,19,22H,9-12H2,1-2H3,(H,21,24)/t13-,19-/m0/s1. The van der Waals surface area contributed by atoms with Crippen LogP contribution in [0.1, 0.15) is 30.3 Å². The normalized spacial score (nSPS) is 26.8. The maximum atomic E-state index is 12.7. The fourth-order valence-corrected chi connectivity index (χ4v) is 4.86. The lowest BCUT2D eigenvalue weighted by molar-refractivity contribution is 0.0211. The molecule has 150 valence electrons. The van der Waals surface area contributed by atoms with E-state index in [-0.39, 0.29) is 17.7 Å². The number of sulfonamides is 1. The Kier molecular flexibility index (Phi) is 4.93. The summed E-state index contributed by atoms with van der Waals surface area (Å²) in [6.07, 6.45) is 3.37. The zero-order valence-corrected chi connectivity index (χ0v) is 16.8. The fraction of sp³-hybridized carbons (Fsp3) is 0.450. The molecule has 2 N–H and O–H groups in total. The number of fused-ring (bicyclic) bond motifs is 3. The number of hydrogen-bond acceptors (Lipinski definition) is 5. The van der Waals surface area contributed by atoms with E-state index in [0.29, 0.717) is 23.4 Å². The molecule has 2 bridgehead atoms. The molecule has 1 aromatic heterocycles. The highest BCUT2D eigenvalue weighted by Gasteiger charge is 2.40. The van der Waals surface area contributed by atoms with Gasteiger partial charge >= 0.3 is 0 Å². The Morgan fingerprint density at radius 2 is 1.79 bits per heavy atom. The number of furan rings is 1. The third kappa shape index (κ3) is 3.93. The number of carbonyl (C=O) groups is 1. The monoisotopic (exact) mass is 403 g/mol. The summed E-state index contributed by atoms with van der Waals surface area (Å²) in [7, 11) is -3.31. The topological polar surface area (TPSA) is 91.7 Å².